The number of rotatable bonds is 10. The molecule has 4 rings (SSSR count). The van der Waals surface area contributed by atoms with Gasteiger partial charge in [0.25, 0.3) is 0 Å². The molecule has 1 aliphatic heterocycles. The van der Waals surface area contributed by atoms with E-state index in [1.54, 1.807) is 0 Å². The molecule has 0 aromatic heterocycles. The Morgan fingerprint density at radius 3 is 1.58 bits per heavy atom. The molecule has 0 amide bonds. The molecule has 0 aliphatic carbocycles. The monoisotopic (exact) mass is 450 g/mol. The summed E-state index contributed by atoms with van der Waals surface area (Å²) in [5.74, 6) is 0. The maximum Gasteiger partial charge on any atom is 0.184 e. The molecule has 1 fully saturated rings. The van der Waals surface area contributed by atoms with E-state index in [2.05, 4.69) is 0 Å². The van der Waals surface area contributed by atoms with Crippen LogP contribution in [0.2, 0.25) is 0 Å². The van der Waals surface area contributed by atoms with Crippen LogP contribution in [0.4, 0.5) is 0 Å². The first kappa shape index (κ1) is 23.6. The van der Waals surface area contributed by atoms with E-state index < -0.39 is 30.7 Å². The molecule has 6 heteroatoms. The Bertz CT molecular complexity index is 935. The van der Waals surface area contributed by atoms with Crippen molar-refractivity contribution in [3.8, 4) is 0 Å². The highest BCUT2D eigenvalue weighted by Gasteiger charge is 2.46. The van der Waals surface area contributed by atoms with Gasteiger partial charge in [0.1, 0.15) is 24.4 Å². The molecule has 0 bridgehead atoms. The zero-order chi connectivity index (χ0) is 22.9. The third kappa shape index (κ3) is 6.71. The molecule has 2 N–H and O–H groups in total. The first-order chi connectivity index (χ1) is 16.2. The van der Waals surface area contributed by atoms with Crippen LogP contribution in [-0.4, -0.2) is 47.5 Å². The van der Waals surface area contributed by atoms with Gasteiger partial charge in [-0.25, -0.2) is 0 Å². The van der Waals surface area contributed by atoms with Crippen molar-refractivity contribution in [2.75, 3.05) is 6.61 Å². The molecule has 33 heavy (non-hydrogen) atoms. The highest BCUT2D eigenvalue weighted by molar-refractivity contribution is 5.15. The van der Waals surface area contributed by atoms with Crippen molar-refractivity contribution >= 4 is 0 Å². The Kier molecular flexibility index (Phi) is 8.60. The lowest BCUT2D eigenvalue weighted by Crippen LogP contribution is -2.60. The summed E-state index contributed by atoms with van der Waals surface area (Å²) in [4.78, 5) is 0. The summed E-state index contributed by atoms with van der Waals surface area (Å²) >= 11 is 0. The lowest BCUT2D eigenvalue weighted by Gasteiger charge is -2.42. The predicted molar refractivity (Wildman–Crippen MR) is 123 cm³/mol. The lowest BCUT2D eigenvalue weighted by molar-refractivity contribution is -0.308. The summed E-state index contributed by atoms with van der Waals surface area (Å²) < 4.78 is 23.6. The normalized spacial score (nSPS) is 25.1. The van der Waals surface area contributed by atoms with Gasteiger partial charge >= 0.3 is 0 Å². The minimum atomic E-state index is -1.30. The van der Waals surface area contributed by atoms with Gasteiger partial charge in [-0.05, 0) is 16.7 Å². The van der Waals surface area contributed by atoms with Crippen molar-refractivity contribution in [1.82, 2.24) is 0 Å². The van der Waals surface area contributed by atoms with E-state index in [1.165, 1.54) is 0 Å². The predicted octanol–water partition coefficient (Wildman–Crippen LogP) is 3.45. The average molecular weight is 451 g/mol. The van der Waals surface area contributed by atoms with Crippen LogP contribution in [0, 0.1) is 0 Å². The molecule has 6 nitrogen and oxygen atoms in total. The smallest absolute Gasteiger partial charge is 0.184 e. The topological polar surface area (TPSA) is 77.4 Å². The van der Waals surface area contributed by atoms with Gasteiger partial charge in [0, 0.05) is 0 Å². The van der Waals surface area contributed by atoms with Gasteiger partial charge in [-0.2, -0.15) is 0 Å². The molecule has 3 aromatic carbocycles. The summed E-state index contributed by atoms with van der Waals surface area (Å²) in [5, 5.41) is 21.7. The van der Waals surface area contributed by atoms with Crippen LogP contribution in [0.1, 0.15) is 16.7 Å². The molecule has 1 aliphatic rings. The van der Waals surface area contributed by atoms with E-state index in [0.29, 0.717) is 13.2 Å². The van der Waals surface area contributed by atoms with E-state index in [4.69, 9.17) is 18.9 Å². The second-order valence-electron chi connectivity index (χ2n) is 8.08. The van der Waals surface area contributed by atoms with Gasteiger partial charge in [0.15, 0.2) is 6.29 Å². The van der Waals surface area contributed by atoms with E-state index in [1.807, 2.05) is 91.0 Å². The molecule has 0 spiro atoms. The fraction of sp³-hybridized carbons (Fsp3) is 0.333. The van der Waals surface area contributed by atoms with Gasteiger partial charge in [0.2, 0.25) is 0 Å². The molecule has 1 saturated heterocycles. The van der Waals surface area contributed by atoms with Crippen LogP contribution in [0.3, 0.4) is 0 Å². The number of benzene rings is 3. The molecule has 0 radical (unpaired) electrons. The Morgan fingerprint density at radius 2 is 1.06 bits per heavy atom. The summed E-state index contributed by atoms with van der Waals surface area (Å²) in [5.41, 5.74) is 2.94. The van der Waals surface area contributed by atoms with Crippen LogP contribution in [0.5, 0.6) is 0 Å². The van der Waals surface area contributed by atoms with Crippen molar-refractivity contribution < 1.29 is 29.2 Å². The van der Waals surface area contributed by atoms with Crippen LogP contribution in [0.25, 0.3) is 0 Å². The van der Waals surface area contributed by atoms with Crippen molar-refractivity contribution in [3.63, 3.8) is 0 Å². The quantitative estimate of drug-likeness (QED) is 0.493. The van der Waals surface area contributed by atoms with E-state index in [0.717, 1.165) is 16.7 Å². The average Bonchev–Trinajstić information content (AvgIpc) is 2.85. The van der Waals surface area contributed by atoms with Crippen molar-refractivity contribution in [1.29, 1.82) is 0 Å². The molecule has 3 aromatic rings. The van der Waals surface area contributed by atoms with Gasteiger partial charge in [0.05, 0.1) is 26.4 Å². The van der Waals surface area contributed by atoms with Crippen molar-refractivity contribution in [2.45, 2.75) is 50.5 Å². The van der Waals surface area contributed by atoms with Crippen LogP contribution in [0.15, 0.2) is 91.0 Å². The fourth-order valence-corrected chi connectivity index (χ4v) is 3.83. The minimum absolute atomic E-state index is 0.161. The minimum Gasteiger partial charge on any atom is -0.387 e. The zero-order valence-electron chi connectivity index (χ0n) is 18.4. The van der Waals surface area contributed by atoms with Gasteiger partial charge in [-0.15, -0.1) is 0 Å². The van der Waals surface area contributed by atoms with Crippen LogP contribution >= 0.6 is 0 Å². The van der Waals surface area contributed by atoms with Gasteiger partial charge in [-0.3, -0.25) is 0 Å². The highest BCUT2D eigenvalue weighted by atomic mass is 16.7. The van der Waals surface area contributed by atoms with Crippen LogP contribution < -0.4 is 0 Å². The Labute approximate surface area is 194 Å². The van der Waals surface area contributed by atoms with Gasteiger partial charge < -0.3 is 29.2 Å². The molecular weight excluding hydrogens is 420 g/mol. The number of ether oxygens (including phenoxy) is 4. The molecule has 0 unspecified atom stereocenters. The second kappa shape index (κ2) is 12.0. The molecular formula is C27H30O6. The third-order valence-electron chi connectivity index (χ3n) is 5.60. The van der Waals surface area contributed by atoms with Gasteiger partial charge in [-0.1, -0.05) is 91.0 Å². The van der Waals surface area contributed by atoms with E-state index >= 15 is 0 Å². The molecule has 0 saturated carbocycles. The fourth-order valence-electron chi connectivity index (χ4n) is 3.83. The largest absolute Gasteiger partial charge is 0.387 e. The first-order valence-electron chi connectivity index (χ1n) is 11.1. The number of aliphatic hydroxyl groups excluding tert-OH is 2. The SMILES string of the molecule is O[C@H]1[C@@H](OCc2ccccc2)[C@@H](O)O[C@H](COCc2ccccc2)[C@@H]1OCc1ccccc1. The van der Waals surface area contributed by atoms with E-state index in [-0.39, 0.29) is 13.2 Å². The third-order valence-corrected chi connectivity index (χ3v) is 5.60. The summed E-state index contributed by atoms with van der Waals surface area (Å²) in [6.45, 7) is 1.09. The lowest BCUT2D eigenvalue weighted by atomic mass is 9.98. The van der Waals surface area contributed by atoms with Crippen molar-refractivity contribution in [3.05, 3.63) is 108 Å². The zero-order valence-corrected chi connectivity index (χ0v) is 18.4. The maximum atomic E-state index is 11.1. The number of hydrogen-bond donors (Lipinski definition) is 2. The summed E-state index contributed by atoms with van der Waals surface area (Å²) in [7, 11) is 0. The highest BCUT2D eigenvalue weighted by Crippen LogP contribution is 2.27. The number of aliphatic hydroxyl groups is 2. The van der Waals surface area contributed by atoms with E-state index in [9.17, 15) is 10.2 Å². The number of hydrogen-bond acceptors (Lipinski definition) is 6. The van der Waals surface area contributed by atoms with Crippen LogP contribution in [-0.2, 0) is 38.8 Å². The Morgan fingerprint density at radius 1 is 0.606 bits per heavy atom. The summed E-state index contributed by atoms with van der Waals surface area (Å²) in [6.07, 6.45) is -4.72. The molecule has 5 atom stereocenters. The Hall–Kier alpha value is -2.58. The standard InChI is InChI=1S/C27H30O6/c28-24-25(31-17-21-12-6-2-7-13-21)23(19-30-16-20-10-4-1-5-11-20)33-27(29)26(24)32-18-22-14-8-3-9-15-22/h1-15,23-29H,16-19H2/t23-,24-,25+,26-,27+/m1/s1. The first-order valence-corrected chi connectivity index (χ1v) is 11.1. The summed E-state index contributed by atoms with van der Waals surface area (Å²) in [6, 6.07) is 29.1. The molecule has 1 heterocycles. The molecule has 174 valence electrons. The second-order valence-corrected chi connectivity index (χ2v) is 8.08. The van der Waals surface area contributed by atoms with Crippen molar-refractivity contribution in [2.24, 2.45) is 0 Å². The maximum absolute atomic E-state index is 11.1. The Balaban J connectivity index is 1.41.